The molecule has 0 unspecified atom stereocenters. The first-order chi connectivity index (χ1) is 31.4. The maximum absolute atomic E-state index is 15.1. The fraction of sp³-hybridized carbons (Fsp3) is 0.625. The van der Waals surface area contributed by atoms with Gasteiger partial charge in [0.25, 0.3) is 0 Å². The number of benzene rings is 1. The maximum Gasteiger partial charge on any atom is 0.315 e. The SMILES string of the molecule is COC(=O)C[C@@H]1CCC=CCCCCC[C@H](NC(=O)NC2(CS(=O)(=O)C(C)(C)C)CCCCC2)C(=O)N2C[C@H](Oc3cc(-c4csc(NC(C)C)n4)nc4cc(OC)ccc34)C[C@H]2C(=O)N1. The van der Waals surface area contributed by atoms with Gasteiger partial charge in [-0.25, -0.2) is 23.2 Å². The lowest BCUT2D eigenvalue weighted by molar-refractivity contribution is -0.143. The van der Waals surface area contributed by atoms with Crippen LogP contribution in [0.5, 0.6) is 11.5 Å². The third kappa shape index (κ3) is 13.1. The Kier molecular flexibility index (Phi) is 17.0. The molecule has 66 heavy (non-hydrogen) atoms. The molecule has 1 aliphatic carbocycles. The van der Waals surface area contributed by atoms with E-state index in [0.717, 1.165) is 43.7 Å². The number of amides is 4. The van der Waals surface area contributed by atoms with Crippen LogP contribution in [0.4, 0.5) is 9.93 Å². The molecule has 0 radical (unpaired) electrons. The third-order valence-corrected chi connectivity index (χ3v) is 16.3. The van der Waals surface area contributed by atoms with Crippen LogP contribution < -0.4 is 30.7 Å². The van der Waals surface area contributed by atoms with Gasteiger partial charge in [-0.2, -0.15) is 0 Å². The molecule has 6 rings (SSSR count). The van der Waals surface area contributed by atoms with Gasteiger partial charge in [0, 0.05) is 41.4 Å². The van der Waals surface area contributed by atoms with Gasteiger partial charge in [-0.05, 0) is 91.7 Å². The summed E-state index contributed by atoms with van der Waals surface area (Å²) in [4.78, 5) is 67.5. The first-order valence-corrected chi connectivity index (χ1v) is 25.9. The Morgan fingerprint density at radius 3 is 2.42 bits per heavy atom. The highest BCUT2D eigenvalue weighted by Gasteiger charge is 2.46. The van der Waals surface area contributed by atoms with Crippen molar-refractivity contribution in [3.63, 3.8) is 0 Å². The van der Waals surface area contributed by atoms with Gasteiger partial charge in [0.1, 0.15) is 35.4 Å². The van der Waals surface area contributed by atoms with Crippen molar-refractivity contribution in [2.24, 2.45) is 0 Å². The van der Waals surface area contributed by atoms with Gasteiger partial charge in [0.15, 0.2) is 15.0 Å². The van der Waals surface area contributed by atoms with E-state index in [1.54, 1.807) is 27.9 Å². The van der Waals surface area contributed by atoms with Crippen LogP contribution in [0, 0.1) is 0 Å². The lowest BCUT2D eigenvalue weighted by Gasteiger charge is -2.40. The van der Waals surface area contributed by atoms with E-state index in [9.17, 15) is 22.8 Å². The lowest BCUT2D eigenvalue weighted by Crippen LogP contribution is -2.61. The van der Waals surface area contributed by atoms with Gasteiger partial charge in [-0.3, -0.25) is 14.4 Å². The third-order valence-electron chi connectivity index (χ3n) is 12.7. The number of rotatable bonds is 12. The Hall–Kier alpha value is -4.97. The van der Waals surface area contributed by atoms with E-state index in [1.165, 1.54) is 23.3 Å². The van der Waals surface area contributed by atoms with E-state index in [4.69, 9.17) is 24.2 Å². The molecule has 3 aromatic rings. The molecule has 3 aliphatic rings. The second-order valence-corrected chi connectivity index (χ2v) is 22.8. The summed E-state index contributed by atoms with van der Waals surface area (Å²) < 4.78 is 43.5. The van der Waals surface area contributed by atoms with Gasteiger partial charge in [-0.15, -0.1) is 11.3 Å². The van der Waals surface area contributed by atoms with Crippen LogP contribution >= 0.6 is 11.3 Å². The van der Waals surface area contributed by atoms with Crippen molar-refractivity contribution in [3.8, 4) is 22.9 Å². The van der Waals surface area contributed by atoms with Gasteiger partial charge >= 0.3 is 12.0 Å². The summed E-state index contributed by atoms with van der Waals surface area (Å²) in [6.07, 6.45) is 11.5. The number of thiazole rings is 1. The molecule has 4 N–H and O–H groups in total. The van der Waals surface area contributed by atoms with Crippen molar-refractivity contribution >= 4 is 61.0 Å². The van der Waals surface area contributed by atoms with Crippen LogP contribution in [0.25, 0.3) is 22.3 Å². The van der Waals surface area contributed by atoms with Crippen molar-refractivity contribution in [2.45, 2.75) is 165 Å². The molecule has 0 spiro atoms. The first-order valence-electron chi connectivity index (χ1n) is 23.4. The normalized spacial score (nSPS) is 22.3. The van der Waals surface area contributed by atoms with Gasteiger partial charge in [0.05, 0.1) is 54.4 Å². The number of nitrogens with one attached hydrogen (secondary N) is 4. The Morgan fingerprint density at radius 1 is 0.970 bits per heavy atom. The summed E-state index contributed by atoms with van der Waals surface area (Å²) in [7, 11) is -0.724. The van der Waals surface area contributed by atoms with Crippen LogP contribution in [0.2, 0.25) is 0 Å². The maximum atomic E-state index is 15.1. The summed E-state index contributed by atoms with van der Waals surface area (Å²) in [5, 5.41) is 15.8. The number of esters is 1. The molecule has 362 valence electrons. The molecule has 1 saturated carbocycles. The van der Waals surface area contributed by atoms with Crippen molar-refractivity contribution in [1.82, 2.24) is 30.8 Å². The number of ether oxygens (including phenoxy) is 3. The molecule has 2 aromatic heterocycles. The summed E-state index contributed by atoms with van der Waals surface area (Å²) in [6.45, 7) is 9.09. The number of methoxy groups -OCH3 is 2. The fourth-order valence-corrected chi connectivity index (χ4v) is 11.3. The number of allylic oxidation sites excluding steroid dienone is 2. The average molecular weight is 952 g/mol. The molecule has 4 amide bonds. The molecule has 2 fully saturated rings. The highest BCUT2D eigenvalue weighted by molar-refractivity contribution is 7.92. The molecule has 4 heterocycles. The minimum atomic E-state index is -3.61. The summed E-state index contributed by atoms with van der Waals surface area (Å²) in [6, 6.07) is 4.25. The van der Waals surface area contributed by atoms with E-state index in [2.05, 4.69) is 33.4 Å². The average Bonchev–Trinajstić information content (AvgIpc) is 3.91. The first kappa shape index (κ1) is 50.4. The highest BCUT2D eigenvalue weighted by Crippen LogP contribution is 2.37. The number of pyridine rings is 1. The molecule has 2 aliphatic heterocycles. The number of hydrogen-bond acceptors (Lipinski definition) is 13. The van der Waals surface area contributed by atoms with E-state index < -0.39 is 68.2 Å². The second kappa shape index (κ2) is 22.2. The number of hydrogen-bond donors (Lipinski definition) is 4. The predicted molar refractivity (Wildman–Crippen MR) is 258 cm³/mol. The Morgan fingerprint density at radius 2 is 1.71 bits per heavy atom. The van der Waals surface area contributed by atoms with E-state index >= 15 is 4.79 Å². The molecular formula is C48H69N7O9S2. The summed E-state index contributed by atoms with van der Waals surface area (Å²) in [5.74, 6) is -0.495. The van der Waals surface area contributed by atoms with Crippen LogP contribution in [0.1, 0.15) is 125 Å². The summed E-state index contributed by atoms with van der Waals surface area (Å²) >= 11 is 1.47. The Labute approximate surface area is 393 Å². The number of aromatic nitrogens is 2. The molecule has 4 atom stereocenters. The van der Waals surface area contributed by atoms with Crippen LogP contribution in [0.3, 0.4) is 0 Å². The summed E-state index contributed by atoms with van der Waals surface area (Å²) in [5.41, 5.74) is 0.823. The number of anilines is 1. The van der Waals surface area contributed by atoms with Crippen LogP contribution in [0.15, 0.2) is 41.8 Å². The van der Waals surface area contributed by atoms with Crippen molar-refractivity contribution in [3.05, 3.63) is 41.8 Å². The smallest absolute Gasteiger partial charge is 0.315 e. The number of carbonyl (C=O) groups is 4. The molecule has 16 nitrogen and oxygen atoms in total. The zero-order chi connectivity index (χ0) is 47.6. The quantitative estimate of drug-likeness (QED) is 0.103. The van der Waals surface area contributed by atoms with Crippen LogP contribution in [-0.2, 0) is 29.0 Å². The lowest BCUT2D eigenvalue weighted by atomic mass is 9.83. The fourth-order valence-electron chi connectivity index (χ4n) is 8.93. The Bertz CT molecular complexity index is 2320. The van der Waals surface area contributed by atoms with E-state index in [1.807, 2.05) is 43.5 Å². The minimum absolute atomic E-state index is 0.0172. The van der Waals surface area contributed by atoms with E-state index in [-0.39, 0.29) is 31.2 Å². The number of fused-ring (bicyclic) bond motifs is 2. The Balaban J connectivity index is 1.34. The van der Waals surface area contributed by atoms with E-state index in [0.29, 0.717) is 72.3 Å². The zero-order valence-corrected chi connectivity index (χ0v) is 41.2. The van der Waals surface area contributed by atoms with Crippen LogP contribution in [-0.4, -0.2) is 114 Å². The monoisotopic (exact) mass is 951 g/mol. The second-order valence-electron chi connectivity index (χ2n) is 19.2. The van der Waals surface area contributed by atoms with Crippen molar-refractivity contribution in [1.29, 1.82) is 0 Å². The molecule has 0 bridgehead atoms. The number of sulfone groups is 1. The number of nitrogens with zero attached hydrogens (tertiary/aromatic N) is 3. The number of carbonyl (C=O) groups excluding carboxylic acids is 4. The molecular weight excluding hydrogens is 883 g/mol. The van der Waals surface area contributed by atoms with Crippen molar-refractivity contribution in [2.75, 3.05) is 31.8 Å². The topological polar surface area (TPSA) is 207 Å². The van der Waals surface area contributed by atoms with Crippen molar-refractivity contribution < 1.29 is 41.8 Å². The molecule has 1 aromatic carbocycles. The number of urea groups is 1. The molecule has 1 saturated heterocycles. The van der Waals surface area contributed by atoms with Gasteiger partial charge in [-0.1, -0.05) is 44.3 Å². The minimum Gasteiger partial charge on any atom is -0.497 e. The van der Waals surface area contributed by atoms with Gasteiger partial charge < -0.3 is 40.4 Å². The predicted octanol–water partition coefficient (Wildman–Crippen LogP) is 7.47. The standard InChI is InChI=1S/C48H69N7O9S2/c1-31(2)49-46-53-39(29-65-46)38-27-41(35-21-20-33(62-6)25-37(35)51-38)64-34-26-40-43(57)50-32(24-42(56)63-7)18-14-11-9-8-10-12-15-19-36(44(58)55(40)28-34)52-45(59)54-48(22-16-13-17-23-48)30-66(60,61)47(3,4)5/h9,11,20-21,25,27,29,31-32,34,36,40H,8,10,12-19,22-24,26,28,30H2,1-7H3,(H,49,53)(H,50,57)(H2,52,54,59)/t32-,34+,36-,40-/m0/s1. The largest absolute Gasteiger partial charge is 0.497 e. The zero-order valence-electron chi connectivity index (χ0n) is 39.6. The molecule has 18 heteroatoms. The van der Waals surface area contributed by atoms with Gasteiger partial charge in [0.2, 0.25) is 11.8 Å². The highest BCUT2D eigenvalue weighted by atomic mass is 32.2.